The van der Waals surface area contributed by atoms with Gasteiger partial charge in [-0.05, 0) is 25.1 Å². The van der Waals surface area contributed by atoms with E-state index in [9.17, 15) is 19.7 Å². The molecule has 4 rings (SSSR count). The summed E-state index contributed by atoms with van der Waals surface area (Å²) in [6, 6.07) is 14.2. The number of carbonyl (C=O) groups is 2. The summed E-state index contributed by atoms with van der Waals surface area (Å²) >= 11 is 5.97. The Balaban J connectivity index is 1.55. The fraction of sp³-hybridized carbons (Fsp3) is 0.130. The summed E-state index contributed by atoms with van der Waals surface area (Å²) in [5.41, 5.74) is 1.01. The quantitative estimate of drug-likeness (QED) is 0.230. The Morgan fingerprint density at radius 2 is 1.85 bits per heavy atom. The van der Waals surface area contributed by atoms with Gasteiger partial charge in [0.05, 0.1) is 28.3 Å². The number of para-hydroxylation sites is 1. The smallest absolute Gasteiger partial charge is 0.340 e. The fourth-order valence-electron chi connectivity index (χ4n) is 3.31. The highest BCUT2D eigenvalue weighted by Gasteiger charge is 2.24. The number of nitro groups is 1. The number of hydrogen-bond acceptors (Lipinski definition) is 7. The number of methoxy groups -OCH3 is 1. The predicted octanol–water partition coefficient (Wildman–Crippen LogP) is 5.34. The van der Waals surface area contributed by atoms with Gasteiger partial charge in [-0.25, -0.2) is 4.79 Å². The zero-order valence-electron chi connectivity index (χ0n) is 17.5. The number of nitrogens with one attached hydrogen (secondary N) is 1. The second kappa shape index (κ2) is 8.79. The van der Waals surface area contributed by atoms with E-state index in [4.69, 9.17) is 25.5 Å². The first-order valence-electron chi connectivity index (χ1n) is 9.73. The number of hydrogen-bond donors (Lipinski definition) is 1. The number of nitro benzene ring substituents is 1. The monoisotopic (exact) mass is 468 g/mol. The van der Waals surface area contributed by atoms with Crippen LogP contribution in [0.3, 0.4) is 0 Å². The number of fused-ring (bicyclic) bond motifs is 3. The van der Waals surface area contributed by atoms with Crippen LogP contribution in [0.25, 0.3) is 21.9 Å². The lowest BCUT2D eigenvalue weighted by molar-refractivity contribution is -0.384. The van der Waals surface area contributed by atoms with Crippen molar-refractivity contribution in [3.63, 3.8) is 0 Å². The van der Waals surface area contributed by atoms with Gasteiger partial charge in [-0.3, -0.25) is 14.9 Å². The van der Waals surface area contributed by atoms with Crippen molar-refractivity contribution in [3.05, 3.63) is 75.3 Å². The second-order valence-electron chi connectivity index (χ2n) is 7.10. The third kappa shape index (κ3) is 4.31. The highest BCUT2D eigenvalue weighted by Crippen LogP contribution is 2.36. The zero-order chi connectivity index (χ0) is 23.7. The molecule has 9 nitrogen and oxygen atoms in total. The van der Waals surface area contributed by atoms with Crippen LogP contribution in [0.5, 0.6) is 5.75 Å². The molecule has 0 saturated carbocycles. The van der Waals surface area contributed by atoms with E-state index in [0.717, 1.165) is 22.9 Å². The number of non-ortho nitro benzene ring substituents is 1. The van der Waals surface area contributed by atoms with Crippen LogP contribution >= 0.6 is 11.6 Å². The highest BCUT2D eigenvalue weighted by molar-refractivity contribution is 6.33. The summed E-state index contributed by atoms with van der Waals surface area (Å²) in [7, 11) is 1.47. The van der Waals surface area contributed by atoms with Crippen LogP contribution < -0.4 is 10.1 Å². The summed E-state index contributed by atoms with van der Waals surface area (Å²) in [5, 5.41) is 15.3. The van der Waals surface area contributed by atoms with Crippen LogP contribution in [0.1, 0.15) is 17.3 Å². The number of anilines is 1. The Kier molecular flexibility index (Phi) is 5.89. The van der Waals surface area contributed by atoms with Gasteiger partial charge in [0.15, 0.2) is 6.10 Å². The number of halogens is 1. The molecule has 0 spiro atoms. The molecule has 3 aromatic carbocycles. The van der Waals surface area contributed by atoms with E-state index >= 15 is 0 Å². The largest absolute Gasteiger partial charge is 0.495 e. The van der Waals surface area contributed by atoms with Gasteiger partial charge in [0.25, 0.3) is 11.6 Å². The normalized spacial score (nSPS) is 11.8. The van der Waals surface area contributed by atoms with Crippen molar-refractivity contribution in [2.75, 3.05) is 12.4 Å². The van der Waals surface area contributed by atoms with Crippen LogP contribution in [-0.4, -0.2) is 30.0 Å². The number of furan rings is 1. The minimum absolute atomic E-state index is 0.0322. The van der Waals surface area contributed by atoms with Gasteiger partial charge in [0.2, 0.25) is 0 Å². The Hall–Kier alpha value is -4.11. The number of ether oxygens (including phenoxy) is 2. The number of nitrogens with zero attached hydrogens (tertiary/aromatic N) is 1. The molecule has 168 valence electrons. The third-order valence-corrected chi connectivity index (χ3v) is 5.32. The summed E-state index contributed by atoms with van der Waals surface area (Å²) in [4.78, 5) is 35.5. The topological polar surface area (TPSA) is 121 Å². The van der Waals surface area contributed by atoms with Crippen molar-refractivity contribution < 1.29 is 28.4 Å². The van der Waals surface area contributed by atoms with Gasteiger partial charge in [-0.15, -0.1) is 0 Å². The minimum Gasteiger partial charge on any atom is -0.495 e. The van der Waals surface area contributed by atoms with Crippen molar-refractivity contribution in [1.29, 1.82) is 0 Å². The van der Waals surface area contributed by atoms with Crippen LogP contribution in [-0.2, 0) is 9.53 Å². The van der Waals surface area contributed by atoms with Crippen molar-refractivity contribution in [1.82, 2.24) is 0 Å². The maximum absolute atomic E-state index is 12.7. The number of rotatable bonds is 6. The number of carbonyl (C=O) groups excluding carboxylic acids is 2. The molecule has 0 unspecified atom stereocenters. The van der Waals surface area contributed by atoms with Crippen LogP contribution in [0.15, 0.2) is 59.0 Å². The Labute approximate surface area is 192 Å². The average molecular weight is 469 g/mol. The standard InChI is InChI=1S/C23H17ClN2O7/c1-12(32-23(28)16-9-13(26(29)30)7-8-17(16)24)22(27)25-18-11-20-15(10-21(18)31-2)14-5-3-4-6-19(14)33-20/h3-12H,1-2H3,(H,25,27)/t12-/m1/s1. The lowest BCUT2D eigenvalue weighted by Gasteiger charge is -2.15. The summed E-state index contributed by atoms with van der Waals surface area (Å²) in [6.45, 7) is 1.37. The van der Waals surface area contributed by atoms with E-state index in [0.29, 0.717) is 22.6 Å². The van der Waals surface area contributed by atoms with E-state index in [1.807, 2.05) is 24.3 Å². The molecule has 33 heavy (non-hydrogen) atoms. The molecule has 0 aliphatic carbocycles. The molecule has 4 aromatic rings. The molecule has 0 fully saturated rings. The summed E-state index contributed by atoms with van der Waals surface area (Å²) in [5.74, 6) is -1.22. The zero-order valence-corrected chi connectivity index (χ0v) is 18.2. The maximum Gasteiger partial charge on any atom is 0.340 e. The summed E-state index contributed by atoms with van der Waals surface area (Å²) in [6.07, 6.45) is -1.23. The molecule has 1 atom stereocenters. The van der Waals surface area contributed by atoms with Crippen molar-refractivity contribution >= 4 is 56.8 Å². The van der Waals surface area contributed by atoms with E-state index in [1.165, 1.54) is 20.1 Å². The Bertz CT molecular complexity index is 1410. The molecule has 1 aromatic heterocycles. The van der Waals surface area contributed by atoms with Crippen molar-refractivity contribution in [3.8, 4) is 5.75 Å². The number of amides is 1. The molecule has 0 saturated heterocycles. The van der Waals surface area contributed by atoms with Gasteiger partial charge in [0, 0.05) is 29.0 Å². The SMILES string of the molecule is COc1cc2c(cc1NC(=O)[C@@H](C)OC(=O)c1cc([N+](=O)[O-])ccc1Cl)oc1ccccc12. The lowest BCUT2D eigenvalue weighted by atomic mass is 10.1. The van der Waals surface area contributed by atoms with Crippen molar-refractivity contribution in [2.24, 2.45) is 0 Å². The van der Waals surface area contributed by atoms with E-state index in [2.05, 4.69) is 5.32 Å². The molecule has 0 aliphatic rings. The second-order valence-corrected chi connectivity index (χ2v) is 7.51. The maximum atomic E-state index is 12.7. The minimum atomic E-state index is -1.23. The molecule has 1 N–H and O–H groups in total. The molecule has 1 heterocycles. The van der Waals surface area contributed by atoms with Gasteiger partial charge in [-0.1, -0.05) is 29.8 Å². The molecule has 0 radical (unpaired) electrons. The van der Waals surface area contributed by atoms with Gasteiger partial charge < -0.3 is 19.2 Å². The third-order valence-electron chi connectivity index (χ3n) is 4.99. The van der Waals surface area contributed by atoms with Gasteiger partial charge >= 0.3 is 5.97 Å². The van der Waals surface area contributed by atoms with Gasteiger partial charge in [-0.2, -0.15) is 0 Å². The molecule has 10 heteroatoms. The first-order chi connectivity index (χ1) is 15.8. The lowest BCUT2D eigenvalue weighted by Crippen LogP contribution is -2.30. The molecular weight excluding hydrogens is 452 g/mol. The number of esters is 1. The van der Waals surface area contributed by atoms with Crippen LogP contribution in [0.2, 0.25) is 5.02 Å². The fourth-order valence-corrected chi connectivity index (χ4v) is 3.51. The molecule has 0 aliphatic heterocycles. The predicted molar refractivity (Wildman–Crippen MR) is 122 cm³/mol. The first kappa shape index (κ1) is 22.1. The van der Waals surface area contributed by atoms with E-state index in [1.54, 1.807) is 12.1 Å². The van der Waals surface area contributed by atoms with Crippen LogP contribution in [0.4, 0.5) is 11.4 Å². The van der Waals surface area contributed by atoms with Crippen LogP contribution in [0, 0.1) is 10.1 Å². The van der Waals surface area contributed by atoms with E-state index in [-0.39, 0.29) is 16.3 Å². The summed E-state index contributed by atoms with van der Waals surface area (Å²) < 4.78 is 16.4. The highest BCUT2D eigenvalue weighted by atomic mass is 35.5. The first-order valence-corrected chi connectivity index (χ1v) is 10.1. The Morgan fingerprint density at radius 3 is 2.58 bits per heavy atom. The molecular formula is C23H17ClN2O7. The average Bonchev–Trinajstić information content (AvgIpc) is 3.15. The number of benzene rings is 3. The Morgan fingerprint density at radius 1 is 1.09 bits per heavy atom. The molecule has 0 bridgehead atoms. The van der Waals surface area contributed by atoms with Crippen molar-refractivity contribution in [2.45, 2.75) is 13.0 Å². The van der Waals surface area contributed by atoms with E-state index < -0.39 is 22.9 Å². The molecule has 1 amide bonds. The van der Waals surface area contributed by atoms with Gasteiger partial charge in [0.1, 0.15) is 16.9 Å².